The van der Waals surface area contributed by atoms with Gasteiger partial charge in [0.2, 0.25) is 5.91 Å². The van der Waals surface area contributed by atoms with E-state index in [-0.39, 0.29) is 11.2 Å². The number of para-hydroxylation sites is 1. The molecule has 1 aromatic carbocycles. The van der Waals surface area contributed by atoms with Crippen LogP contribution < -0.4 is 4.90 Å². The minimum absolute atomic E-state index is 0.0391. The summed E-state index contributed by atoms with van der Waals surface area (Å²) in [7, 11) is 3.61. The van der Waals surface area contributed by atoms with Gasteiger partial charge in [0.15, 0.2) is 4.34 Å². The van der Waals surface area contributed by atoms with Gasteiger partial charge in [-0.05, 0) is 19.1 Å². The maximum Gasteiger partial charge on any atom is 0.240 e. The maximum absolute atomic E-state index is 12.5. The lowest BCUT2D eigenvalue weighted by Gasteiger charge is -2.18. The number of nitrogens with zero attached hydrogens (tertiary/aromatic N) is 4. The molecule has 0 radical (unpaired) electrons. The Labute approximate surface area is 137 Å². The molecule has 22 heavy (non-hydrogen) atoms. The fraction of sp³-hybridized carbons (Fsp3) is 0.267. The zero-order valence-corrected chi connectivity index (χ0v) is 14.2. The highest BCUT2D eigenvalue weighted by atomic mass is 32.2. The van der Waals surface area contributed by atoms with Crippen LogP contribution in [0, 0.1) is 0 Å². The highest BCUT2D eigenvalue weighted by Crippen LogP contribution is 2.32. The molecule has 1 atom stereocenters. The second-order valence-electron chi connectivity index (χ2n) is 4.98. The van der Waals surface area contributed by atoms with Crippen LogP contribution in [-0.2, 0) is 11.8 Å². The predicted octanol–water partition coefficient (Wildman–Crippen LogP) is 3.17. The summed E-state index contributed by atoms with van der Waals surface area (Å²) in [6.45, 7) is 1.91. The number of aryl methyl sites for hydroxylation is 1. The average molecular weight is 332 g/mol. The van der Waals surface area contributed by atoms with Gasteiger partial charge in [-0.2, -0.15) is 5.10 Å². The molecule has 0 fully saturated rings. The van der Waals surface area contributed by atoms with Crippen molar-refractivity contribution in [3.8, 4) is 0 Å². The summed E-state index contributed by atoms with van der Waals surface area (Å²) >= 11 is 3.12. The number of carbonyl (C=O) groups is 1. The van der Waals surface area contributed by atoms with Gasteiger partial charge in [0.25, 0.3) is 0 Å². The van der Waals surface area contributed by atoms with Crippen LogP contribution in [0.4, 0.5) is 5.69 Å². The molecule has 0 aliphatic heterocycles. The summed E-state index contributed by atoms with van der Waals surface area (Å²) < 4.78 is 3.75. The molecule has 0 spiro atoms. The molecule has 0 N–H and O–H groups in total. The fourth-order valence-corrected chi connectivity index (χ4v) is 4.39. The van der Waals surface area contributed by atoms with Gasteiger partial charge in [-0.15, -0.1) is 11.3 Å². The highest BCUT2D eigenvalue weighted by Gasteiger charge is 2.22. The predicted molar refractivity (Wildman–Crippen MR) is 91.6 cm³/mol. The molecule has 3 rings (SSSR count). The standard InChI is InChI=1S/C15H16N4OS2/c1-10(14(20)19(3)11-8-16-18(2)9-11)21-15-17-12-6-4-5-7-13(12)22-15/h4-10H,1-3H3. The van der Waals surface area contributed by atoms with Gasteiger partial charge in [0, 0.05) is 20.3 Å². The van der Waals surface area contributed by atoms with Crippen molar-refractivity contribution < 1.29 is 4.79 Å². The molecular weight excluding hydrogens is 316 g/mol. The van der Waals surface area contributed by atoms with Crippen LogP contribution in [0.15, 0.2) is 41.0 Å². The van der Waals surface area contributed by atoms with Crippen LogP contribution in [0.5, 0.6) is 0 Å². The lowest BCUT2D eigenvalue weighted by atomic mass is 10.3. The van der Waals surface area contributed by atoms with E-state index in [0.29, 0.717) is 0 Å². The Bertz CT molecular complexity index is 778. The van der Waals surface area contributed by atoms with Crippen molar-refractivity contribution in [3.05, 3.63) is 36.7 Å². The van der Waals surface area contributed by atoms with E-state index in [9.17, 15) is 4.79 Å². The first-order valence-corrected chi connectivity index (χ1v) is 8.52. The molecule has 114 valence electrons. The molecule has 0 bridgehead atoms. The zero-order valence-electron chi connectivity index (χ0n) is 12.6. The van der Waals surface area contributed by atoms with Gasteiger partial charge in [-0.25, -0.2) is 4.98 Å². The zero-order chi connectivity index (χ0) is 15.7. The van der Waals surface area contributed by atoms with Crippen molar-refractivity contribution in [2.24, 2.45) is 7.05 Å². The van der Waals surface area contributed by atoms with E-state index in [0.717, 1.165) is 20.2 Å². The first-order chi connectivity index (χ1) is 10.5. The third-order valence-electron chi connectivity index (χ3n) is 3.31. The van der Waals surface area contributed by atoms with E-state index >= 15 is 0 Å². The molecule has 0 saturated heterocycles. The number of carbonyl (C=O) groups excluding carboxylic acids is 1. The number of fused-ring (bicyclic) bond motifs is 1. The smallest absolute Gasteiger partial charge is 0.240 e. The highest BCUT2D eigenvalue weighted by molar-refractivity contribution is 8.02. The third kappa shape index (κ3) is 3.00. The van der Waals surface area contributed by atoms with Gasteiger partial charge < -0.3 is 4.90 Å². The molecule has 1 unspecified atom stereocenters. The number of amides is 1. The van der Waals surface area contributed by atoms with Gasteiger partial charge in [0.05, 0.1) is 27.4 Å². The van der Waals surface area contributed by atoms with Gasteiger partial charge in [-0.3, -0.25) is 9.48 Å². The molecule has 0 aliphatic rings. The van der Waals surface area contributed by atoms with E-state index in [1.54, 1.807) is 34.2 Å². The van der Waals surface area contributed by atoms with Crippen molar-refractivity contribution >= 4 is 44.9 Å². The van der Waals surface area contributed by atoms with Crippen molar-refractivity contribution in [2.75, 3.05) is 11.9 Å². The van der Waals surface area contributed by atoms with Crippen LogP contribution in [0.2, 0.25) is 0 Å². The molecule has 7 heteroatoms. The van der Waals surface area contributed by atoms with Crippen LogP contribution in [0.1, 0.15) is 6.92 Å². The lowest BCUT2D eigenvalue weighted by Crippen LogP contribution is -2.32. The van der Waals surface area contributed by atoms with E-state index in [4.69, 9.17) is 0 Å². The Hall–Kier alpha value is -1.86. The Morgan fingerprint density at radius 3 is 2.86 bits per heavy atom. The topological polar surface area (TPSA) is 51.0 Å². The number of benzene rings is 1. The number of rotatable bonds is 4. The second kappa shape index (κ2) is 6.10. The Morgan fingerprint density at radius 2 is 2.18 bits per heavy atom. The van der Waals surface area contributed by atoms with Gasteiger partial charge >= 0.3 is 0 Å². The normalized spacial score (nSPS) is 12.5. The average Bonchev–Trinajstić information content (AvgIpc) is 3.11. The lowest BCUT2D eigenvalue weighted by molar-refractivity contribution is -0.117. The summed E-state index contributed by atoms with van der Waals surface area (Å²) in [5.74, 6) is 0.0391. The number of thiazole rings is 1. The molecule has 3 aromatic rings. The quantitative estimate of drug-likeness (QED) is 0.689. The molecule has 0 aliphatic carbocycles. The SMILES string of the molecule is CC(Sc1nc2ccccc2s1)C(=O)N(C)c1cnn(C)c1. The van der Waals surface area contributed by atoms with Crippen molar-refractivity contribution in [3.63, 3.8) is 0 Å². The summed E-state index contributed by atoms with van der Waals surface area (Å²) in [6, 6.07) is 8.01. The van der Waals surface area contributed by atoms with Crippen LogP contribution in [-0.4, -0.2) is 33.0 Å². The van der Waals surface area contributed by atoms with Gasteiger partial charge in [0.1, 0.15) is 0 Å². The summed E-state index contributed by atoms with van der Waals surface area (Å²) in [5.41, 5.74) is 1.78. The molecule has 5 nitrogen and oxygen atoms in total. The number of aromatic nitrogens is 3. The van der Waals surface area contributed by atoms with E-state index < -0.39 is 0 Å². The first kappa shape index (κ1) is 15.1. The largest absolute Gasteiger partial charge is 0.312 e. The number of anilines is 1. The van der Waals surface area contributed by atoms with Gasteiger partial charge in [-0.1, -0.05) is 23.9 Å². The number of hydrogen-bond donors (Lipinski definition) is 0. The minimum atomic E-state index is -0.203. The molecule has 1 amide bonds. The number of hydrogen-bond acceptors (Lipinski definition) is 5. The molecule has 2 heterocycles. The summed E-state index contributed by atoms with van der Waals surface area (Å²) in [6.07, 6.45) is 3.51. The fourth-order valence-electron chi connectivity index (χ4n) is 2.08. The number of thioether (sulfide) groups is 1. The van der Waals surface area contributed by atoms with Crippen LogP contribution in [0.3, 0.4) is 0 Å². The summed E-state index contributed by atoms with van der Waals surface area (Å²) in [5, 5.41) is 3.89. The van der Waals surface area contributed by atoms with E-state index in [1.807, 2.05) is 44.4 Å². The first-order valence-electron chi connectivity index (χ1n) is 6.83. The monoisotopic (exact) mass is 332 g/mol. The maximum atomic E-state index is 12.5. The molecular formula is C15H16N4OS2. The molecule has 2 aromatic heterocycles. The Balaban J connectivity index is 1.73. The van der Waals surface area contributed by atoms with E-state index in [2.05, 4.69) is 10.1 Å². The third-order valence-corrected chi connectivity index (χ3v) is 5.53. The van der Waals surface area contributed by atoms with E-state index in [1.165, 1.54) is 11.8 Å². The van der Waals surface area contributed by atoms with Crippen molar-refractivity contribution in [1.82, 2.24) is 14.8 Å². The Kier molecular flexibility index (Phi) is 4.17. The molecule has 0 saturated carbocycles. The van der Waals surface area contributed by atoms with Crippen LogP contribution >= 0.6 is 23.1 Å². The van der Waals surface area contributed by atoms with Crippen LogP contribution in [0.25, 0.3) is 10.2 Å². The van der Waals surface area contributed by atoms with Crippen molar-refractivity contribution in [2.45, 2.75) is 16.5 Å². The summed E-state index contributed by atoms with van der Waals surface area (Å²) in [4.78, 5) is 18.7. The minimum Gasteiger partial charge on any atom is -0.312 e. The Morgan fingerprint density at radius 1 is 1.41 bits per heavy atom. The van der Waals surface area contributed by atoms with Crippen molar-refractivity contribution in [1.29, 1.82) is 0 Å². The second-order valence-corrected chi connectivity index (χ2v) is 7.60.